The molecule has 0 unspecified atom stereocenters. The molecule has 4 heteroatoms. The Kier molecular flexibility index (Phi) is 3.14. The molecule has 0 bridgehead atoms. The number of aryl methyl sites for hydroxylation is 1. The van der Waals surface area contributed by atoms with Crippen LogP contribution in [0.1, 0.15) is 22.3 Å². The zero-order chi connectivity index (χ0) is 14.1. The van der Waals surface area contributed by atoms with E-state index in [-0.39, 0.29) is 11.5 Å². The maximum Gasteiger partial charge on any atom is 0.261 e. The molecule has 3 rings (SSSR count). The molecule has 2 aromatic carbocycles. The molecule has 2 N–H and O–H groups in total. The van der Waals surface area contributed by atoms with Crippen LogP contribution in [0, 0.1) is 5.82 Å². The highest BCUT2D eigenvalue weighted by atomic mass is 19.1. The third kappa shape index (κ3) is 2.03. The quantitative estimate of drug-likeness (QED) is 0.810. The van der Waals surface area contributed by atoms with Gasteiger partial charge in [-0.3, -0.25) is 4.79 Å². The average molecular weight is 270 g/mol. The van der Waals surface area contributed by atoms with E-state index >= 15 is 0 Å². The topological polar surface area (TPSA) is 46.3 Å². The van der Waals surface area contributed by atoms with Crippen molar-refractivity contribution in [2.45, 2.75) is 12.8 Å². The molecular formula is C16H15FN2O. The summed E-state index contributed by atoms with van der Waals surface area (Å²) in [7, 11) is 0. The fraction of sp³-hybridized carbons (Fsp3) is 0.188. The van der Waals surface area contributed by atoms with Gasteiger partial charge in [-0.05, 0) is 36.6 Å². The van der Waals surface area contributed by atoms with E-state index in [1.54, 1.807) is 23.1 Å². The summed E-state index contributed by atoms with van der Waals surface area (Å²) in [6.45, 7) is 0.564. The summed E-state index contributed by atoms with van der Waals surface area (Å²) in [6.07, 6.45) is 1.75. The monoisotopic (exact) mass is 270 g/mol. The van der Waals surface area contributed by atoms with Gasteiger partial charge in [0, 0.05) is 6.54 Å². The van der Waals surface area contributed by atoms with Gasteiger partial charge in [0.05, 0.1) is 16.9 Å². The first-order valence-electron chi connectivity index (χ1n) is 6.62. The van der Waals surface area contributed by atoms with Crippen molar-refractivity contribution in [3.05, 3.63) is 59.4 Å². The second-order valence-electron chi connectivity index (χ2n) is 4.90. The van der Waals surface area contributed by atoms with Crippen LogP contribution < -0.4 is 10.6 Å². The Bertz CT molecular complexity index is 669. The molecule has 1 aliphatic rings. The number of benzene rings is 2. The van der Waals surface area contributed by atoms with Crippen molar-refractivity contribution in [1.82, 2.24) is 0 Å². The van der Waals surface area contributed by atoms with Gasteiger partial charge in [0.1, 0.15) is 5.82 Å². The Hall–Kier alpha value is -2.36. The number of rotatable bonds is 1. The standard InChI is InChI=1S/C16H15FN2O/c17-13-8-2-1-7-12(13)16(20)19-10-4-6-11-5-3-9-14(18)15(11)19/h1-3,5,7-9H,4,6,10,18H2. The number of nitrogens with two attached hydrogens (primary N) is 1. The van der Waals surface area contributed by atoms with Crippen LogP contribution in [0.3, 0.4) is 0 Å². The lowest BCUT2D eigenvalue weighted by atomic mass is 9.99. The van der Waals surface area contributed by atoms with Crippen LogP contribution in [0.15, 0.2) is 42.5 Å². The summed E-state index contributed by atoms with van der Waals surface area (Å²) in [5, 5.41) is 0. The minimum absolute atomic E-state index is 0.0867. The second-order valence-corrected chi connectivity index (χ2v) is 4.90. The van der Waals surface area contributed by atoms with Crippen LogP contribution in [0.25, 0.3) is 0 Å². The lowest BCUT2D eigenvalue weighted by Crippen LogP contribution is -2.36. The van der Waals surface area contributed by atoms with Crippen molar-refractivity contribution in [3.63, 3.8) is 0 Å². The molecule has 0 saturated carbocycles. The number of carbonyl (C=O) groups is 1. The molecule has 1 aliphatic heterocycles. The first kappa shape index (κ1) is 12.7. The van der Waals surface area contributed by atoms with E-state index in [4.69, 9.17) is 5.73 Å². The Morgan fingerprint density at radius 2 is 1.95 bits per heavy atom. The van der Waals surface area contributed by atoms with Crippen LogP contribution in [0.4, 0.5) is 15.8 Å². The first-order chi connectivity index (χ1) is 9.68. The number of para-hydroxylation sites is 1. The molecular weight excluding hydrogens is 255 g/mol. The molecule has 0 fully saturated rings. The normalized spacial score (nSPS) is 13.9. The van der Waals surface area contributed by atoms with Crippen molar-refractivity contribution in [1.29, 1.82) is 0 Å². The molecule has 20 heavy (non-hydrogen) atoms. The second kappa shape index (κ2) is 4.96. The molecule has 3 nitrogen and oxygen atoms in total. The van der Waals surface area contributed by atoms with Gasteiger partial charge in [0.2, 0.25) is 0 Å². The van der Waals surface area contributed by atoms with Gasteiger partial charge in [-0.15, -0.1) is 0 Å². The molecule has 0 saturated heterocycles. The lowest BCUT2D eigenvalue weighted by molar-refractivity contribution is 0.0981. The van der Waals surface area contributed by atoms with Gasteiger partial charge in [-0.2, -0.15) is 0 Å². The van der Waals surface area contributed by atoms with E-state index in [0.29, 0.717) is 12.2 Å². The summed E-state index contributed by atoms with van der Waals surface area (Å²) < 4.78 is 13.8. The summed E-state index contributed by atoms with van der Waals surface area (Å²) in [5.74, 6) is -0.832. The van der Waals surface area contributed by atoms with E-state index in [1.165, 1.54) is 12.1 Å². The zero-order valence-electron chi connectivity index (χ0n) is 11.0. The summed E-state index contributed by atoms with van der Waals surface area (Å²) in [4.78, 5) is 14.2. The highest BCUT2D eigenvalue weighted by molar-refractivity contribution is 6.08. The first-order valence-corrected chi connectivity index (χ1v) is 6.62. The average Bonchev–Trinajstić information content (AvgIpc) is 2.47. The molecule has 0 aliphatic carbocycles. The Labute approximate surface area is 116 Å². The van der Waals surface area contributed by atoms with E-state index in [9.17, 15) is 9.18 Å². The number of hydrogen-bond donors (Lipinski definition) is 1. The summed E-state index contributed by atoms with van der Waals surface area (Å²) in [5.41, 5.74) is 8.42. The largest absolute Gasteiger partial charge is 0.397 e. The summed E-state index contributed by atoms with van der Waals surface area (Å²) in [6, 6.07) is 11.7. The number of anilines is 2. The van der Waals surface area contributed by atoms with Crippen LogP contribution in [-0.2, 0) is 6.42 Å². The third-order valence-corrected chi connectivity index (χ3v) is 3.60. The molecule has 1 heterocycles. The fourth-order valence-corrected chi connectivity index (χ4v) is 2.66. The maximum absolute atomic E-state index is 13.8. The minimum Gasteiger partial charge on any atom is -0.397 e. The predicted molar refractivity (Wildman–Crippen MR) is 77.3 cm³/mol. The number of carbonyl (C=O) groups excluding carboxylic acids is 1. The SMILES string of the molecule is Nc1cccc2c1N(C(=O)c1ccccc1F)CCC2. The molecule has 2 aromatic rings. The van der Waals surface area contributed by atoms with Crippen LogP contribution >= 0.6 is 0 Å². The van der Waals surface area contributed by atoms with Crippen molar-refractivity contribution in [3.8, 4) is 0 Å². The Morgan fingerprint density at radius 1 is 1.15 bits per heavy atom. The predicted octanol–water partition coefficient (Wildman–Crippen LogP) is 3.00. The lowest BCUT2D eigenvalue weighted by Gasteiger charge is -2.30. The molecule has 0 radical (unpaired) electrons. The molecule has 0 atom stereocenters. The van der Waals surface area contributed by atoms with Gasteiger partial charge in [-0.1, -0.05) is 24.3 Å². The van der Waals surface area contributed by atoms with Gasteiger partial charge in [0.15, 0.2) is 0 Å². The molecule has 0 spiro atoms. The number of fused-ring (bicyclic) bond motifs is 1. The van der Waals surface area contributed by atoms with Gasteiger partial charge in [-0.25, -0.2) is 4.39 Å². The fourth-order valence-electron chi connectivity index (χ4n) is 2.66. The third-order valence-electron chi connectivity index (χ3n) is 3.60. The Morgan fingerprint density at radius 3 is 2.75 bits per heavy atom. The number of nitrogen functional groups attached to an aromatic ring is 1. The zero-order valence-corrected chi connectivity index (χ0v) is 11.0. The van der Waals surface area contributed by atoms with E-state index < -0.39 is 5.82 Å². The van der Waals surface area contributed by atoms with Crippen molar-refractivity contribution >= 4 is 17.3 Å². The Balaban J connectivity index is 2.05. The van der Waals surface area contributed by atoms with E-state index in [1.807, 2.05) is 12.1 Å². The molecule has 102 valence electrons. The molecule has 0 aromatic heterocycles. The van der Waals surface area contributed by atoms with Crippen molar-refractivity contribution in [2.24, 2.45) is 0 Å². The smallest absolute Gasteiger partial charge is 0.261 e. The number of amides is 1. The van der Waals surface area contributed by atoms with E-state index in [2.05, 4.69) is 0 Å². The van der Waals surface area contributed by atoms with E-state index in [0.717, 1.165) is 24.1 Å². The van der Waals surface area contributed by atoms with Crippen LogP contribution in [0.2, 0.25) is 0 Å². The van der Waals surface area contributed by atoms with Gasteiger partial charge in [0.25, 0.3) is 5.91 Å². The number of hydrogen-bond acceptors (Lipinski definition) is 2. The van der Waals surface area contributed by atoms with Crippen LogP contribution in [-0.4, -0.2) is 12.5 Å². The summed E-state index contributed by atoms with van der Waals surface area (Å²) >= 11 is 0. The van der Waals surface area contributed by atoms with Crippen molar-refractivity contribution in [2.75, 3.05) is 17.2 Å². The van der Waals surface area contributed by atoms with Gasteiger partial charge < -0.3 is 10.6 Å². The maximum atomic E-state index is 13.8. The minimum atomic E-state index is -0.501. The molecule has 1 amide bonds. The number of nitrogens with zero attached hydrogens (tertiary/aromatic N) is 1. The highest BCUT2D eigenvalue weighted by Gasteiger charge is 2.26. The van der Waals surface area contributed by atoms with Crippen molar-refractivity contribution < 1.29 is 9.18 Å². The van der Waals surface area contributed by atoms with Crippen LogP contribution in [0.5, 0.6) is 0 Å². The number of halogens is 1. The highest BCUT2D eigenvalue weighted by Crippen LogP contribution is 2.33. The van der Waals surface area contributed by atoms with Gasteiger partial charge >= 0.3 is 0 Å².